The molecule has 1 unspecified atom stereocenters. The van der Waals surface area contributed by atoms with Crippen molar-refractivity contribution in [2.24, 2.45) is 0 Å². The maximum absolute atomic E-state index is 13.9. The molecule has 0 bridgehead atoms. The first-order valence-corrected chi connectivity index (χ1v) is 9.40. The third-order valence-corrected chi connectivity index (χ3v) is 4.78. The standard InChI is InChI=1S/C23H30FNO3/c1-22(2,3)16-11-15(12-17(20(16)26)23(4,5)6)19(21(27)28)25-13-14-9-7-8-10-18(14)24/h7-12,19,25-26H,13H2,1-6H3,(H,27,28). The van der Waals surface area contributed by atoms with Crippen LogP contribution in [0.2, 0.25) is 0 Å². The molecule has 2 rings (SSSR count). The van der Waals surface area contributed by atoms with Gasteiger partial charge in [0.05, 0.1) is 0 Å². The number of carboxylic acid groups (broad SMARTS) is 1. The van der Waals surface area contributed by atoms with Gasteiger partial charge in [-0.15, -0.1) is 0 Å². The topological polar surface area (TPSA) is 69.6 Å². The van der Waals surface area contributed by atoms with Crippen molar-refractivity contribution in [1.82, 2.24) is 5.32 Å². The SMILES string of the molecule is CC(C)(C)c1cc(C(NCc2ccccc2F)C(=O)O)cc(C(C)(C)C)c1O. The van der Waals surface area contributed by atoms with Crippen LogP contribution in [0, 0.1) is 5.82 Å². The first-order chi connectivity index (χ1) is 12.8. The zero-order valence-electron chi connectivity index (χ0n) is 17.4. The Kier molecular flexibility index (Phi) is 6.19. The molecule has 0 saturated heterocycles. The van der Waals surface area contributed by atoms with Crippen molar-refractivity contribution in [2.75, 3.05) is 0 Å². The molecule has 0 radical (unpaired) electrons. The van der Waals surface area contributed by atoms with E-state index < -0.39 is 12.0 Å². The summed E-state index contributed by atoms with van der Waals surface area (Å²) in [5.41, 5.74) is 1.59. The number of carbonyl (C=O) groups is 1. The lowest BCUT2D eigenvalue weighted by atomic mass is 9.77. The Labute approximate surface area is 166 Å². The molecule has 5 heteroatoms. The lowest BCUT2D eigenvalue weighted by Gasteiger charge is -2.29. The minimum Gasteiger partial charge on any atom is -0.507 e. The van der Waals surface area contributed by atoms with E-state index in [0.717, 1.165) is 0 Å². The van der Waals surface area contributed by atoms with E-state index in [1.165, 1.54) is 6.07 Å². The normalized spacial score (nSPS) is 13.4. The van der Waals surface area contributed by atoms with Crippen LogP contribution in [0.1, 0.15) is 69.8 Å². The summed E-state index contributed by atoms with van der Waals surface area (Å²) < 4.78 is 13.9. The minimum absolute atomic E-state index is 0.0836. The van der Waals surface area contributed by atoms with Gasteiger partial charge in [0.25, 0.3) is 0 Å². The van der Waals surface area contributed by atoms with Crippen LogP contribution in [0.25, 0.3) is 0 Å². The monoisotopic (exact) mass is 387 g/mol. The molecule has 0 aromatic heterocycles. The van der Waals surface area contributed by atoms with Crippen molar-refractivity contribution in [2.45, 2.75) is 65.0 Å². The number of benzene rings is 2. The smallest absolute Gasteiger partial charge is 0.325 e. The summed E-state index contributed by atoms with van der Waals surface area (Å²) in [7, 11) is 0. The summed E-state index contributed by atoms with van der Waals surface area (Å²) in [6.07, 6.45) is 0. The fourth-order valence-electron chi connectivity index (χ4n) is 3.17. The van der Waals surface area contributed by atoms with Gasteiger partial charge in [-0.25, -0.2) is 4.39 Å². The average molecular weight is 387 g/mol. The number of hydrogen-bond acceptors (Lipinski definition) is 3. The van der Waals surface area contributed by atoms with Crippen molar-refractivity contribution in [3.63, 3.8) is 0 Å². The van der Waals surface area contributed by atoms with Crippen molar-refractivity contribution < 1.29 is 19.4 Å². The molecule has 0 aliphatic rings. The molecule has 152 valence electrons. The average Bonchev–Trinajstić information content (AvgIpc) is 2.55. The third kappa shape index (κ3) is 4.90. The van der Waals surface area contributed by atoms with E-state index in [4.69, 9.17) is 0 Å². The van der Waals surface area contributed by atoms with E-state index in [9.17, 15) is 19.4 Å². The second-order valence-corrected chi connectivity index (χ2v) is 9.21. The highest BCUT2D eigenvalue weighted by Crippen LogP contribution is 2.41. The Morgan fingerprint density at radius 1 is 1.04 bits per heavy atom. The molecule has 2 aromatic rings. The van der Waals surface area contributed by atoms with Crippen molar-refractivity contribution >= 4 is 5.97 Å². The highest BCUT2D eigenvalue weighted by atomic mass is 19.1. The predicted molar refractivity (Wildman–Crippen MR) is 109 cm³/mol. The summed E-state index contributed by atoms with van der Waals surface area (Å²) in [6, 6.07) is 8.73. The first kappa shape index (κ1) is 21.9. The lowest BCUT2D eigenvalue weighted by molar-refractivity contribution is -0.139. The maximum Gasteiger partial charge on any atom is 0.325 e. The van der Waals surface area contributed by atoms with Gasteiger partial charge in [-0.05, 0) is 45.7 Å². The number of hydrogen-bond donors (Lipinski definition) is 3. The fourth-order valence-corrected chi connectivity index (χ4v) is 3.17. The molecule has 28 heavy (non-hydrogen) atoms. The van der Waals surface area contributed by atoms with E-state index in [-0.39, 0.29) is 28.9 Å². The van der Waals surface area contributed by atoms with Gasteiger partial charge in [0.1, 0.15) is 17.6 Å². The number of aliphatic carboxylic acids is 1. The Morgan fingerprint density at radius 2 is 1.54 bits per heavy atom. The summed E-state index contributed by atoms with van der Waals surface area (Å²) >= 11 is 0. The van der Waals surface area contributed by atoms with Crippen LogP contribution >= 0.6 is 0 Å². The fraction of sp³-hybridized carbons (Fsp3) is 0.435. The van der Waals surface area contributed by atoms with E-state index in [0.29, 0.717) is 22.3 Å². The molecule has 2 aromatic carbocycles. The highest BCUT2D eigenvalue weighted by molar-refractivity contribution is 5.76. The van der Waals surface area contributed by atoms with Crippen LogP contribution in [0.15, 0.2) is 36.4 Å². The molecular weight excluding hydrogens is 357 g/mol. The minimum atomic E-state index is -1.05. The van der Waals surface area contributed by atoms with Crippen LogP contribution in [-0.2, 0) is 22.2 Å². The summed E-state index contributed by atoms with van der Waals surface area (Å²) in [4.78, 5) is 12.0. The quantitative estimate of drug-likeness (QED) is 0.672. The second kappa shape index (κ2) is 7.92. The van der Waals surface area contributed by atoms with Crippen molar-refractivity contribution in [3.8, 4) is 5.75 Å². The number of nitrogens with one attached hydrogen (secondary N) is 1. The molecule has 0 heterocycles. The molecule has 0 aliphatic heterocycles. The first-order valence-electron chi connectivity index (χ1n) is 9.40. The van der Waals surface area contributed by atoms with Crippen molar-refractivity contribution in [3.05, 3.63) is 64.5 Å². The molecule has 0 spiro atoms. The predicted octanol–water partition coefficient (Wildman–Crippen LogP) is 5.04. The summed E-state index contributed by atoms with van der Waals surface area (Å²) in [6.45, 7) is 11.9. The second-order valence-electron chi connectivity index (χ2n) is 9.21. The Hall–Kier alpha value is -2.40. The summed E-state index contributed by atoms with van der Waals surface area (Å²) in [5.74, 6) is -1.24. The van der Waals surface area contributed by atoms with E-state index >= 15 is 0 Å². The molecule has 0 saturated carbocycles. The molecule has 0 aliphatic carbocycles. The van der Waals surface area contributed by atoms with Gasteiger partial charge >= 0.3 is 5.97 Å². The Bertz CT molecular complexity index is 828. The Balaban J connectivity index is 2.51. The van der Waals surface area contributed by atoms with Gasteiger partial charge in [0.2, 0.25) is 0 Å². The van der Waals surface area contributed by atoms with Gasteiger partial charge < -0.3 is 10.2 Å². The van der Waals surface area contributed by atoms with Crippen LogP contribution < -0.4 is 5.32 Å². The van der Waals surface area contributed by atoms with Gasteiger partial charge in [0.15, 0.2) is 0 Å². The number of carboxylic acids is 1. The van der Waals surface area contributed by atoms with Gasteiger partial charge in [-0.3, -0.25) is 10.1 Å². The zero-order valence-corrected chi connectivity index (χ0v) is 17.4. The molecule has 1 atom stereocenters. The number of phenolic OH excluding ortho intramolecular Hbond substituents is 1. The third-order valence-electron chi connectivity index (χ3n) is 4.78. The van der Waals surface area contributed by atoms with Crippen LogP contribution in [-0.4, -0.2) is 16.2 Å². The number of phenols is 1. The van der Waals surface area contributed by atoms with Gasteiger partial charge in [0, 0.05) is 12.1 Å². The maximum atomic E-state index is 13.9. The molecular formula is C23H30FNO3. The number of halogens is 1. The highest BCUT2D eigenvalue weighted by Gasteiger charge is 2.30. The summed E-state index contributed by atoms with van der Waals surface area (Å²) in [5, 5.41) is 23.6. The van der Waals surface area contributed by atoms with E-state index in [2.05, 4.69) is 5.32 Å². The van der Waals surface area contributed by atoms with Gasteiger partial charge in [-0.2, -0.15) is 0 Å². The molecule has 0 fully saturated rings. The van der Waals surface area contributed by atoms with Crippen molar-refractivity contribution in [1.29, 1.82) is 0 Å². The number of aromatic hydroxyl groups is 1. The largest absolute Gasteiger partial charge is 0.507 e. The zero-order chi connectivity index (χ0) is 21.3. The Morgan fingerprint density at radius 3 is 1.96 bits per heavy atom. The lowest BCUT2D eigenvalue weighted by Crippen LogP contribution is -2.29. The van der Waals surface area contributed by atoms with E-state index in [1.54, 1.807) is 30.3 Å². The van der Waals surface area contributed by atoms with Crippen LogP contribution in [0.4, 0.5) is 4.39 Å². The van der Waals surface area contributed by atoms with Crippen LogP contribution in [0.3, 0.4) is 0 Å². The van der Waals surface area contributed by atoms with Gasteiger partial charge in [-0.1, -0.05) is 59.7 Å². The molecule has 0 amide bonds. The number of rotatable bonds is 5. The molecule has 3 N–H and O–H groups in total. The van der Waals surface area contributed by atoms with Crippen LogP contribution in [0.5, 0.6) is 5.75 Å². The molecule has 4 nitrogen and oxygen atoms in total. The van der Waals surface area contributed by atoms with E-state index in [1.807, 2.05) is 41.5 Å².